The van der Waals surface area contributed by atoms with Gasteiger partial charge in [-0.15, -0.1) is 0 Å². The fourth-order valence-electron chi connectivity index (χ4n) is 2.13. The van der Waals surface area contributed by atoms with E-state index in [1.807, 2.05) is 12.3 Å². The Kier molecular flexibility index (Phi) is 7.67. The summed E-state index contributed by atoms with van der Waals surface area (Å²) in [5.74, 6) is 0.593. The van der Waals surface area contributed by atoms with Crippen LogP contribution in [0, 0.1) is 17.2 Å². The zero-order valence-corrected chi connectivity index (χ0v) is 12.9. The highest BCUT2D eigenvalue weighted by atomic mass is 15.1. The number of hydrogen-bond acceptors (Lipinski definition) is 4. The molecule has 1 heterocycles. The summed E-state index contributed by atoms with van der Waals surface area (Å²) in [5.41, 5.74) is 2.19. The van der Waals surface area contributed by atoms with Crippen molar-refractivity contribution in [3.63, 3.8) is 0 Å². The van der Waals surface area contributed by atoms with Crippen molar-refractivity contribution in [2.45, 2.75) is 40.2 Å². The maximum atomic E-state index is 8.75. The molecule has 20 heavy (non-hydrogen) atoms. The van der Waals surface area contributed by atoms with Crippen molar-refractivity contribution < 1.29 is 0 Å². The van der Waals surface area contributed by atoms with E-state index >= 15 is 0 Å². The van der Waals surface area contributed by atoms with Gasteiger partial charge >= 0.3 is 0 Å². The van der Waals surface area contributed by atoms with Gasteiger partial charge in [-0.2, -0.15) is 5.26 Å². The van der Waals surface area contributed by atoms with Crippen molar-refractivity contribution in [3.05, 3.63) is 24.0 Å². The summed E-state index contributed by atoms with van der Waals surface area (Å²) in [6, 6.07) is 6.33. The zero-order valence-electron chi connectivity index (χ0n) is 12.9. The van der Waals surface area contributed by atoms with Crippen LogP contribution in [-0.2, 0) is 6.54 Å². The number of nitriles is 1. The van der Waals surface area contributed by atoms with Crippen LogP contribution in [-0.4, -0.2) is 29.5 Å². The highest BCUT2D eigenvalue weighted by Gasteiger charge is 2.09. The molecule has 0 atom stereocenters. The van der Waals surface area contributed by atoms with Crippen molar-refractivity contribution in [3.8, 4) is 6.07 Å². The first-order valence-electron chi connectivity index (χ1n) is 7.43. The van der Waals surface area contributed by atoms with Crippen molar-refractivity contribution in [2.24, 2.45) is 5.92 Å². The summed E-state index contributed by atoms with van der Waals surface area (Å²) in [7, 11) is 0. The first kappa shape index (κ1) is 16.5. The molecule has 0 aliphatic heterocycles. The van der Waals surface area contributed by atoms with Gasteiger partial charge in [0.15, 0.2) is 0 Å². The van der Waals surface area contributed by atoms with Crippen molar-refractivity contribution >= 4 is 5.69 Å². The molecule has 110 valence electrons. The number of aromatic nitrogens is 1. The lowest BCUT2D eigenvalue weighted by atomic mass is 10.2. The van der Waals surface area contributed by atoms with Crippen LogP contribution >= 0.6 is 0 Å². The molecule has 1 aromatic rings. The van der Waals surface area contributed by atoms with Gasteiger partial charge in [-0.3, -0.25) is 9.88 Å². The van der Waals surface area contributed by atoms with Crippen LogP contribution in [0.5, 0.6) is 0 Å². The van der Waals surface area contributed by atoms with E-state index in [-0.39, 0.29) is 0 Å². The Hall–Kier alpha value is -1.60. The summed E-state index contributed by atoms with van der Waals surface area (Å²) in [6.07, 6.45) is 3.53. The van der Waals surface area contributed by atoms with Crippen LogP contribution in [0.3, 0.4) is 0 Å². The molecule has 0 spiro atoms. The topological polar surface area (TPSA) is 52.0 Å². The maximum absolute atomic E-state index is 8.75. The minimum Gasteiger partial charge on any atom is -0.385 e. The smallest absolute Gasteiger partial charge is 0.0635 e. The van der Waals surface area contributed by atoms with Crippen molar-refractivity contribution in [1.29, 1.82) is 5.26 Å². The van der Waals surface area contributed by atoms with E-state index in [1.165, 1.54) is 0 Å². The Morgan fingerprint density at radius 2 is 2.25 bits per heavy atom. The molecular weight excluding hydrogens is 248 g/mol. The number of hydrogen-bond donors (Lipinski definition) is 1. The molecule has 0 fully saturated rings. The molecule has 0 aliphatic rings. The van der Waals surface area contributed by atoms with Crippen molar-refractivity contribution in [1.82, 2.24) is 9.88 Å². The summed E-state index contributed by atoms with van der Waals surface area (Å²) < 4.78 is 0. The molecule has 4 heteroatoms. The van der Waals surface area contributed by atoms with E-state index in [0.29, 0.717) is 12.3 Å². The predicted molar refractivity (Wildman–Crippen MR) is 83.4 cm³/mol. The zero-order chi connectivity index (χ0) is 14.8. The summed E-state index contributed by atoms with van der Waals surface area (Å²) >= 11 is 0. The third-order valence-corrected chi connectivity index (χ3v) is 2.94. The van der Waals surface area contributed by atoms with Crippen LogP contribution in [0.4, 0.5) is 5.69 Å². The molecule has 0 bridgehead atoms. The summed E-state index contributed by atoms with van der Waals surface area (Å²) in [6.45, 7) is 10.1. The molecule has 0 saturated carbocycles. The van der Waals surface area contributed by atoms with Gasteiger partial charge in [0.25, 0.3) is 0 Å². The molecule has 1 N–H and O–H groups in total. The normalized spacial score (nSPS) is 10.8. The minimum atomic E-state index is 0.570. The first-order chi connectivity index (χ1) is 9.65. The van der Waals surface area contributed by atoms with Gasteiger partial charge < -0.3 is 5.32 Å². The standard InChI is InChI=1S/C16H26N4/c1-4-8-18-15-6-9-19-16(11-15)13-20(10-5-7-17)12-14(2)3/h6,9,11,14H,4-5,8,10,12-13H2,1-3H3,(H,18,19). The largest absolute Gasteiger partial charge is 0.385 e. The van der Waals surface area contributed by atoms with E-state index in [4.69, 9.17) is 5.26 Å². The minimum absolute atomic E-state index is 0.570. The SMILES string of the molecule is CCCNc1ccnc(CN(CCC#N)CC(C)C)c1. The Morgan fingerprint density at radius 1 is 1.45 bits per heavy atom. The van der Waals surface area contributed by atoms with E-state index in [1.54, 1.807) is 0 Å². The number of nitrogens with one attached hydrogen (secondary N) is 1. The first-order valence-corrected chi connectivity index (χ1v) is 7.43. The molecule has 0 radical (unpaired) electrons. The Balaban J connectivity index is 2.64. The molecule has 0 unspecified atom stereocenters. The number of pyridine rings is 1. The predicted octanol–water partition coefficient (Wildman–Crippen LogP) is 3.28. The number of anilines is 1. The van der Waals surface area contributed by atoms with E-state index in [9.17, 15) is 0 Å². The highest BCUT2D eigenvalue weighted by molar-refractivity contribution is 5.43. The van der Waals surface area contributed by atoms with Crippen LogP contribution in [0.2, 0.25) is 0 Å². The van der Waals surface area contributed by atoms with Crippen LogP contribution < -0.4 is 5.32 Å². The van der Waals surface area contributed by atoms with E-state index in [0.717, 1.165) is 44.0 Å². The fraction of sp³-hybridized carbons (Fsp3) is 0.625. The van der Waals surface area contributed by atoms with Gasteiger partial charge in [0.05, 0.1) is 11.8 Å². The second-order valence-corrected chi connectivity index (χ2v) is 5.50. The maximum Gasteiger partial charge on any atom is 0.0635 e. The average Bonchev–Trinajstić information content (AvgIpc) is 2.42. The Bertz CT molecular complexity index is 423. The molecule has 4 nitrogen and oxygen atoms in total. The van der Waals surface area contributed by atoms with Crippen LogP contribution in [0.15, 0.2) is 18.3 Å². The quantitative estimate of drug-likeness (QED) is 0.751. The second-order valence-electron chi connectivity index (χ2n) is 5.50. The second kappa shape index (κ2) is 9.33. The van der Waals surface area contributed by atoms with Gasteiger partial charge in [0, 0.05) is 44.5 Å². The molecule has 0 saturated heterocycles. The molecule has 1 rings (SSSR count). The fourth-order valence-corrected chi connectivity index (χ4v) is 2.13. The third kappa shape index (κ3) is 6.53. The lowest BCUT2D eigenvalue weighted by molar-refractivity contribution is 0.238. The highest BCUT2D eigenvalue weighted by Crippen LogP contribution is 2.11. The Labute approximate surface area is 122 Å². The van der Waals surface area contributed by atoms with Crippen LogP contribution in [0.1, 0.15) is 39.3 Å². The lowest BCUT2D eigenvalue weighted by Gasteiger charge is -2.23. The van der Waals surface area contributed by atoms with E-state index in [2.05, 4.69) is 48.1 Å². The number of nitrogens with zero attached hydrogens (tertiary/aromatic N) is 3. The lowest BCUT2D eigenvalue weighted by Crippen LogP contribution is -2.28. The van der Waals surface area contributed by atoms with E-state index < -0.39 is 0 Å². The molecule has 1 aromatic heterocycles. The van der Waals surface area contributed by atoms with Gasteiger partial charge in [-0.05, 0) is 24.5 Å². The molecule has 0 amide bonds. The summed E-state index contributed by atoms with van der Waals surface area (Å²) in [4.78, 5) is 6.74. The average molecular weight is 274 g/mol. The molecule has 0 aromatic carbocycles. The summed E-state index contributed by atoms with van der Waals surface area (Å²) in [5, 5.41) is 12.1. The van der Waals surface area contributed by atoms with Gasteiger partial charge in [-0.25, -0.2) is 0 Å². The van der Waals surface area contributed by atoms with Crippen molar-refractivity contribution in [2.75, 3.05) is 25.0 Å². The Morgan fingerprint density at radius 3 is 2.90 bits per heavy atom. The van der Waals surface area contributed by atoms with Gasteiger partial charge in [0.2, 0.25) is 0 Å². The number of rotatable bonds is 9. The molecule has 0 aliphatic carbocycles. The van der Waals surface area contributed by atoms with Gasteiger partial charge in [0.1, 0.15) is 0 Å². The van der Waals surface area contributed by atoms with Crippen LogP contribution in [0.25, 0.3) is 0 Å². The monoisotopic (exact) mass is 274 g/mol. The molecular formula is C16H26N4. The van der Waals surface area contributed by atoms with Gasteiger partial charge in [-0.1, -0.05) is 20.8 Å². The third-order valence-electron chi connectivity index (χ3n) is 2.94.